The Labute approximate surface area is 121 Å². The fraction of sp³-hybridized carbons (Fsp3) is 0.0833. The minimum atomic E-state index is -1.76. The third-order valence-corrected chi connectivity index (χ3v) is 3.23. The van der Waals surface area contributed by atoms with Crippen molar-refractivity contribution >= 4 is 34.6 Å². The van der Waals surface area contributed by atoms with E-state index in [4.69, 9.17) is 23.2 Å². The summed E-state index contributed by atoms with van der Waals surface area (Å²) >= 11 is 11.7. The standard InChI is InChI=1S/C12H6Cl2F4N2/c1-4-2-6(14)7(3-5(4)13)19-10-8(15)11(17)20-12(18)9(10)16/h2-3H,1H3,(H,19,20). The number of rotatable bonds is 2. The first-order valence-electron chi connectivity index (χ1n) is 5.24. The number of pyridine rings is 1. The van der Waals surface area contributed by atoms with Crippen LogP contribution in [-0.2, 0) is 0 Å². The number of hydrogen-bond donors (Lipinski definition) is 1. The van der Waals surface area contributed by atoms with Gasteiger partial charge in [-0.05, 0) is 24.6 Å². The van der Waals surface area contributed by atoms with Crippen LogP contribution in [0, 0.1) is 30.5 Å². The van der Waals surface area contributed by atoms with Crippen LogP contribution in [0.25, 0.3) is 0 Å². The van der Waals surface area contributed by atoms with Gasteiger partial charge in [-0.15, -0.1) is 0 Å². The third-order valence-electron chi connectivity index (χ3n) is 2.51. The van der Waals surface area contributed by atoms with Crippen LogP contribution in [0.15, 0.2) is 12.1 Å². The third kappa shape index (κ3) is 2.66. The number of nitrogens with zero attached hydrogens (tertiary/aromatic N) is 1. The molecule has 0 amide bonds. The van der Waals surface area contributed by atoms with Crippen molar-refractivity contribution in [2.75, 3.05) is 5.32 Å². The average molecular weight is 325 g/mol. The smallest absolute Gasteiger partial charge is 0.253 e. The summed E-state index contributed by atoms with van der Waals surface area (Å²) in [5.41, 5.74) is -0.392. The van der Waals surface area contributed by atoms with E-state index in [0.29, 0.717) is 5.56 Å². The molecule has 0 radical (unpaired) electrons. The molecule has 0 spiro atoms. The molecule has 0 atom stereocenters. The van der Waals surface area contributed by atoms with Crippen LogP contribution in [0.2, 0.25) is 10.0 Å². The van der Waals surface area contributed by atoms with Gasteiger partial charge in [0.05, 0.1) is 10.7 Å². The highest BCUT2D eigenvalue weighted by Gasteiger charge is 2.21. The Morgan fingerprint density at radius 3 is 2.05 bits per heavy atom. The summed E-state index contributed by atoms with van der Waals surface area (Å²) < 4.78 is 52.9. The predicted molar refractivity (Wildman–Crippen MR) is 68.6 cm³/mol. The Morgan fingerprint density at radius 2 is 1.50 bits per heavy atom. The first kappa shape index (κ1) is 14.9. The zero-order valence-corrected chi connectivity index (χ0v) is 11.4. The Balaban J connectivity index is 2.53. The van der Waals surface area contributed by atoms with Crippen molar-refractivity contribution < 1.29 is 17.6 Å². The summed E-state index contributed by atoms with van der Waals surface area (Å²) in [6.07, 6.45) is 0. The highest BCUT2D eigenvalue weighted by Crippen LogP contribution is 2.33. The highest BCUT2D eigenvalue weighted by atomic mass is 35.5. The maximum Gasteiger partial charge on any atom is 0.253 e. The van der Waals surface area contributed by atoms with Crippen LogP contribution < -0.4 is 5.32 Å². The van der Waals surface area contributed by atoms with E-state index in [1.807, 2.05) is 0 Å². The van der Waals surface area contributed by atoms with Gasteiger partial charge in [0, 0.05) is 5.02 Å². The van der Waals surface area contributed by atoms with Crippen LogP contribution in [0.1, 0.15) is 5.56 Å². The zero-order valence-electron chi connectivity index (χ0n) is 9.87. The van der Waals surface area contributed by atoms with E-state index < -0.39 is 29.2 Å². The second kappa shape index (κ2) is 5.46. The second-order valence-corrected chi connectivity index (χ2v) is 4.72. The van der Waals surface area contributed by atoms with E-state index in [-0.39, 0.29) is 15.7 Å². The maximum atomic E-state index is 13.5. The Bertz CT molecular complexity index is 666. The van der Waals surface area contributed by atoms with Crippen LogP contribution in [-0.4, -0.2) is 4.98 Å². The molecule has 0 aliphatic rings. The Kier molecular flexibility index (Phi) is 4.06. The SMILES string of the molecule is Cc1cc(Cl)c(Nc2c(F)c(F)nc(F)c2F)cc1Cl. The summed E-state index contributed by atoms with van der Waals surface area (Å²) in [5, 5.41) is 2.53. The van der Waals surface area contributed by atoms with Crippen LogP contribution >= 0.6 is 23.2 Å². The quantitative estimate of drug-likeness (QED) is 0.621. The average Bonchev–Trinajstić information content (AvgIpc) is 2.38. The van der Waals surface area contributed by atoms with Crippen molar-refractivity contribution in [3.05, 3.63) is 51.3 Å². The van der Waals surface area contributed by atoms with Crippen molar-refractivity contribution in [2.45, 2.75) is 6.92 Å². The van der Waals surface area contributed by atoms with Gasteiger partial charge >= 0.3 is 0 Å². The molecular formula is C12H6Cl2F4N2. The summed E-state index contributed by atoms with van der Waals surface area (Å²) in [6, 6.07) is 2.73. The molecule has 1 heterocycles. The first-order valence-corrected chi connectivity index (χ1v) is 5.99. The van der Waals surface area contributed by atoms with E-state index in [2.05, 4.69) is 10.3 Å². The minimum absolute atomic E-state index is 0.00469. The molecule has 1 aromatic heterocycles. The number of nitrogens with one attached hydrogen (secondary N) is 1. The second-order valence-electron chi connectivity index (χ2n) is 3.90. The van der Waals surface area contributed by atoms with E-state index in [1.165, 1.54) is 12.1 Å². The number of anilines is 2. The molecule has 0 saturated heterocycles. The molecule has 0 aliphatic carbocycles. The summed E-state index contributed by atoms with van der Waals surface area (Å²) in [5.74, 6) is -6.84. The molecule has 1 N–H and O–H groups in total. The van der Waals surface area contributed by atoms with Gasteiger partial charge in [-0.2, -0.15) is 22.5 Å². The van der Waals surface area contributed by atoms with Crippen molar-refractivity contribution in [1.29, 1.82) is 0 Å². The van der Waals surface area contributed by atoms with Gasteiger partial charge in [0.1, 0.15) is 5.69 Å². The molecule has 1 aromatic carbocycles. The number of benzene rings is 1. The van der Waals surface area contributed by atoms with Gasteiger partial charge < -0.3 is 5.32 Å². The molecule has 2 rings (SSSR count). The molecule has 0 unspecified atom stereocenters. The molecular weight excluding hydrogens is 319 g/mol. The summed E-state index contributed by atoms with van der Waals surface area (Å²) in [4.78, 5) is 2.45. The number of halogens is 6. The van der Waals surface area contributed by atoms with E-state index in [1.54, 1.807) is 6.92 Å². The number of aromatic nitrogens is 1. The predicted octanol–water partition coefficient (Wildman–Crippen LogP) is 5.00. The minimum Gasteiger partial charge on any atom is -0.349 e. The molecule has 20 heavy (non-hydrogen) atoms. The lowest BCUT2D eigenvalue weighted by atomic mass is 10.2. The van der Waals surface area contributed by atoms with E-state index in [9.17, 15) is 17.6 Å². The van der Waals surface area contributed by atoms with Gasteiger partial charge in [-0.3, -0.25) is 0 Å². The molecule has 2 nitrogen and oxygen atoms in total. The number of aryl methyl sites for hydroxylation is 1. The van der Waals surface area contributed by atoms with Crippen LogP contribution in [0.4, 0.5) is 28.9 Å². The molecule has 0 aliphatic heterocycles. The van der Waals surface area contributed by atoms with Crippen LogP contribution in [0.5, 0.6) is 0 Å². The van der Waals surface area contributed by atoms with Gasteiger partial charge in [0.2, 0.25) is 11.6 Å². The normalized spacial score (nSPS) is 10.8. The van der Waals surface area contributed by atoms with Crippen molar-refractivity contribution in [2.24, 2.45) is 0 Å². The molecule has 0 saturated carbocycles. The Hall–Kier alpha value is -1.53. The molecule has 106 valence electrons. The van der Waals surface area contributed by atoms with E-state index >= 15 is 0 Å². The topological polar surface area (TPSA) is 24.9 Å². The largest absolute Gasteiger partial charge is 0.349 e. The van der Waals surface area contributed by atoms with Crippen molar-refractivity contribution in [3.8, 4) is 0 Å². The fourth-order valence-corrected chi connectivity index (χ4v) is 1.90. The molecule has 0 bridgehead atoms. The van der Waals surface area contributed by atoms with Crippen molar-refractivity contribution in [1.82, 2.24) is 4.98 Å². The highest BCUT2D eigenvalue weighted by molar-refractivity contribution is 6.35. The molecule has 2 aromatic rings. The Morgan fingerprint density at radius 1 is 0.950 bits per heavy atom. The first-order chi connectivity index (χ1) is 9.31. The summed E-state index contributed by atoms with van der Waals surface area (Å²) in [6.45, 7) is 1.67. The monoisotopic (exact) mass is 324 g/mol. The summed E-state index contributed by atoms with van der Waals surface area (Å²) in [7, 11) is 0. The lowest BCUT2D eigenvalue weighted by Crippen LogP contribution is -2.06. The van der Waals surface area contributed by atoms with E-state index in [0.717, 1.165) is 0 Å². The lowest BCUT2D eigenvalue weighted by Gasteiger charge is -2.12. The molecule has 0 fully saturated rings. The maximum absolute atomic E-state index is 13.5. The van der Waals surface area contributed by atoms with Gasteiger partial charge in [0.15, 0.2) is 0 Å². The van der Waals surface area contributed by atoms with Crippen LogP contribution in [0.3, 0.4) is 0 Å². The van der Waals surface area contributed by atoms with Crippen molar-refractivity contribution in [3.63, 3.8) is 0 Å². The zero-order chi connectivity index (χ0) is 15.0. The van der Waals surface area contributed by atoms with Gasteiger partial charge in [-0.1, -0.05) is 23.2 Å². The number of hydrogen-bond acceptors (Lipinski definition) is 2. The lowest BCUT2D eigenvalue weighted by molar-refractivity contribution is 0.411. The van der Waals surface area contributed by atoms with Gasteiger partial charge in [0.25, 0.3) is 11.9 Å². The van der Waals surface area contributed by atoms with Gasteiger partial charge in [-0.25, -0.2) is 0 Å². The molecule has 8 heteroatoms. The fourth-order valence-electron chi connectivity index (χ4n) is 1.47.